The molecule has 3 rings (SSSR count). The number of hydrogen-bond donors (Lipinski definition) is 2. The van der Waals surface area contributed by atoms with Crippen LogP contribution in [0.5, 0.6) is 0 Å². The lowest BCUT2D eigenvalue weighted by molar-refractivity contribution is 0.601. The number of rotatable bonds is 7. The van der Waals surface area contributed by atoms with Crippen LogP contribution in [0.15, 0.2) is 59.5 Å². The zero-order valence-electron chi connectivity index (χ0n) is 13.9. The van der Waals surface area contributed by atoms with Crippen molar-refractivity contribution in [3.8, 4) is 0 Å². The quantitative estimate of drug-likeness (QED) is 0.631. The van der Waals surface area contributed by atoms with Gasteiger partial charge in [0.2, 0.25) is 0 Å². The van der Waals surface area contributed by atoms with Crippen LogP contribution in [-0.4, -0.2) is 24.9 Å². The van der Waals surface area contributed by atoms with Crippen molar-refractivity contribution in [2.24, 2.45) is 0 Å². The highest BCUT2D eigenvalue weighted by molar-refractivity contribution is 7.92. The molecule has 0 aliphatic rings. The van der Waals surface area contributed by atoms with Gasteiger partial charge in [0.15, 0.2) is 11.6 Å². The van der Waals surface area contributed by atoms with Gasteiger partial charge in [-0.05, 0) is 30.7 Å². The highest BCUT2D eigenvalue weighted by Gasteiger charge is 2.18. The summed E-state index contributed by atoms with van der Waals surface area (Å²) >= 11 is 0. The van der Waals surface area contributed by atoms with Crippen LogP contribution >= 0.6 is 0 Å². The van der Waals surface area contributed by atoms with E-state index < -0.39 is 10.0 Å². The van der Waals surface area contributed by atoms with Gasteiger partial charge in [-0.2, -0.15) is 0 Å². The number of nitrogens with one attached hydrogen (secondary N) is 2. The van der Waals surface area contributed by atoms with E-state index in [1.807, 2.05) is 18.2 Å². The monoisotopic (exact) mass is 356 g/mol. The Kier molecular flexibility index (Phi) is 5.14. The van der Waals surface area contributed by atoms with Gasteiger partial charge in [-0.15, -0.1) is 0 Å². The summed E-state index contributed by atoms with van der Waals surface area (Å²) in [6, 6.07) is 15.6. The topological polar surface area (TPSA) is 84.0 Å². The van der Waals surface area contributed by atoms with E-state index in [9.17, 15) is 8.42 Å². The van der Waals surface area contributed by atoms with E-state index in [1.165, 1.54) is 0 Å². The lowest BCUT2D eigenvalue weighted by Gasteiger charge is -2.13. The van der Waals surface area contributed by atoms with Crippen molar-refractivity contribution in [3.05, 3.63) is 54.6 Å². The zero-order chi connectivity index (χ0) is 17.7. The molecule has 0 amide bonds. The molecule has 0 fully saturated rings. The highest BCUT2D eigenvalue weighted by Crippen LogP contribution is 2.24. The van der Waals surface area contributed by atoms with Gasteiger partial charge in [-0.3, -0.25) is 4.72 Å². The summed E-state index contributed by atoms with van der Waals surface area (Å²) in [6.07, 6.45) is 1.98. The second kappa shape index (κ2) is 7.48. The van der Waals surface area contributed by atoms with Crippen LogP contribution in [0.3, 0.4) is 0 Å². The lowest BCUT2D eigenvalue weighted by Crippen LogP contribution is -2.17. The molecule has 2 N–H and O–H groups in total. The van der Waals surface area contributed by atoms with Crippen LogP contribution < -0.4 is 10.0 Å². The predicted molar refractivity (Wildman–Crippen MR) is 100 cm³/mol. The Balaban J connectivity index is 1.99. The fraction of sp³-hybridized carbons (Fsp3) is 0.222. The highest BCUT2D eigenvalue weighted by atomic mass is 32.2. The summed E-state index contributed by atoms with van der Waals surface area (Å²) in [5.41, 5.74) is 1.35. The van der Waals surface area contributed by atoms with Gasteiger partial charge in [-0.1, -0.05) is 43.7 Å². The number of benzene rings is 2. The molecule has 0 aliphatic heterocycles. The first-order valence-electron chi connectivity index (χ1n) is 8.18. The van der Waals surface area contributed by atoms with Gasteiger partial charge >= 0.3 is 0 Å². The molecule has 0 atom stereocenters. The molecule has 0 saturated carbocycles. The maximum atomic E-state index is 12.6. The lowest BCUT2D eigenvalue weighted by atomic mass is 10.3. The minimum Gasteiger partial charge on any atom is -0.367 e. The van der Waals surface area contributed by atoms with Crippen molar-refractivity contribution in [2.45, 2.75) is 24.7 Å². The number of sulfonamides is 1. The summed E-state index contributed by atoms with van der Waals surface area (Å²) in [5, 5.41) is 3.18. The number of hydrogen-bond acceptors (Lipinski definition) is 5. The van der Waals surface area contributed by atoms with E-state index in [0.29, 0.717) is 23.4 Å². The molecule has 1 heterocycles. The molecule has 0 spiro atoms. The van der Waals surface area contributed by atoms with E-state index in [4.69, 9.17) is 0 Å². The van der Waals surface area contributed by atoms with Crippen molar-refractivity contribution in [2.75, 3.05) is 16.6 Å². The SMILES string of the molecule is CCCCNc1nc2ccccc2nc1NS(=O)(=O)c1ccccc1. The normalized spacial score (nSPS) is 11.4. The molecule has 130 valence electrons. The minimum absolute atomic E-state index is 0.185. The van der Waals surface area contributed by atoms with Crippen molar-refractivity contribution >= 4 is 32.7 Å². The van der Waals surface area contributed by atoms with E-state index in [1.54, 1.807) is 36.4 Å². The molecule has 0 saturated heterocycles. The third kappa shape index (κ3) is 4.06. The molecule has 2 aromatic carbocycles. The smallest absolute Gasteiger partial charge is 0.263 e. The third-order valence-electron chi connectivity index (χ3n) is 3.68. The van der Waals surface area contributed by atoms with Crippen LogP contribution in [0.4, 0.5) is 11.6 Å². The summed E-state index contributed by atoms with van der Waals surface area (Å²) < 4.78 is 27.8. The first-order chi connectivity index (χ1) is 12.1. The molecular formula is C18H20N4O2S. The maximum absolute atomic E-state index is 12.6. The van der Waals surface area contributed by atoms with E-state index >= 15 is 0 Å². The van der Waals surface area contributed by atoms with Crippen LogP contribution in [0, 0.1) is 0 Å². The Labute approximate surface area is 147 Å². The number of unbranched alkanes of at least 4 members (excludes halogenated alkanes) is 1. The molecular weight excluding hydrogens is 336 g/mol. The van der Waals surface area contributed by atoms with E-state index in [0.717, 1.165) is 12.8 Å². The number of para-hydroxylation sites is 2. The molecule has 0 aliphatic carbocycles. The Morgan fingerprint density at radius 2 is 1.48 bits per heavy atom. The van der Waals surface area contributed by atoms with Crippen molar-refractivity contribution in [1.82, 2.24) is 9.97 Å². The van der Waals surface area contributed by atoms with Crippen molar-refractivity contribution in [1.29, 1.82) is 0 Å². The Hall–Kier alpha value is -2.67. The van der Waals surface area contributed by atoms with Gasteiger partial charge in [-0.25, -0.2) is 18.4 Å². The summed E-state index contributed by atoms with van der Waals surface area (Å²) in [7, 11) is -3.73. The van der Waals surface area contributed by atoms with Gasteiger partial charge < -0.3 is 5.32 Å². The number of aromatic nitrogens is 2. The van der Waals surface area contributed by atoms with Gasteiger partial charge in [0.25, 0.3) is 10.0 Å². The molecule has 7 heteroatoms. The van der Waals surface area contributed by atoms with Gasteiger partial charge in [0.05, 0.1) is 15.9 Å². The molecule has 6 nitrogen and oxygen atoms in total. The summed E-state index contributed by atoms with van der Waals surface area (Å²) in [5.74, 6) is 0.644. The molecule has 25 heavy (non-hydrogen) atoms. The van der Waals surface area contributed by atoms with Crippen LogP contribution in [-0.2, 0) is 10.0 Å². The second-order valence-corrected chi connectivity index (χ2v) is 7.29. The number of fused-ring (bicyclic) bond motifs is 1. The van der Waals surface area contributed by atoms with Gasteiger partial charge in [0, 0.05) is 6.54 Å². The first kappa shape index (κ1) is 17.2. The van der Waals surface area contributed by atoms with Crippen LogP contribution in [0.25, 0.3) is 11.0 Å². The molecule has 1 aromatic heterocycles. The van der Waals surface area contributed by atoms with Crippen molar-refractivity contribution in [3.63, 3.8) is 0 Å². The molecule has 3 aromatic rings. The number of anilines is 2. The largest absolute Gasteiger partial charge is 0.367 e. The first-order valence-corrected chi connectivity index (χ1v) is 9.67. The van der Waals surface area contributed by atoms with E-state index in [-0.39, 0.29) is 10.7 Å². The summed E-state index contributed by atoms with van der Waals surface area (Å²) in [4.78, 5) is 9.16. The molecule has 0 radical (unpaired) electrons. The zero-order valence-corrected chi connectivity index (χ0v) is 14.8. The predicted octanol–water partition coefficient (Wildman–Crippen LogP) is 3.64. The van der Waals surface area contributed by atoms with Crippen LogP contribution in [0.1, 0.15) is 19.8 Å². The fourth-order valence-corrected chi connectivity index (χ4v) is 3.39. The Morgan fingerprint density at radius 3 is 2.12 bits per heavy atom. The minimum atomic E-state index is -3.73. The standard InChI is InChI=1S/C18H20N4O2S/c1-2-3-13-19-17-18(21-16-12-8-7-11-15(16)20-17)22-25(23,24)14-9-5-4-6-10-14/h4-12H,2-3,13H2,1H3,(H,19,20)(H,21,22). The Bertz CT molecular complexity index is 959. The summed E-state index contributed by atoms with van der Waals surface area (Å²) in [6.45, 7) is 2.79. The second-order valence-electron chi connectivity index (χ2n) is 5.61. The average molecular weight is 356 g/mol. The maximum Gasteiger partial charge on any atom is 0.263 e. The molecule has 0 bridgehead atoms. The van der Waals surface area contributed by atoms with Crippen molar-refractivity contribution < 1.29 is 8.42 Å². The third-order valence-corrected chi connectivity index (χ3v) is 5.03. The number of nitrogens with zero attached hydrogens (tertiary/aromatic N) is 2. The van der Waals surface area contributed by atoms with Crippen LogP contribution in [0.2, 0.25) is 0 Å². The van der Waals surface area contributed by atoms with E-state index in [2.05, 4.69) is 26.9 Å². The fourth-order valence-electron chi connectivity index (χ4n) is 2.36. The Morgan fingerprint density at radius 1 is 0.880 bits per heavy atom. The average Bonchev–Trinajstić information content (AvgIpc) is 2.63. The van der Waals surface area contributed by atoms with Gasteiger partial charge in [0.1, 0.15) is 0 Å². The molecule has 0 unspecified atom stereocenters.